The molecule has 23 heavy (non-hydrogen) atoms. The molecule has 1 unspecified atom stereocenters. The Hall–Kier alpha value is -1.33. The molecule has 0 saturated carbocycles. The van der Waals surface area contributed by atoms with Gasteiger partial charge >= 0.3 is 6.03 Å². The maximum absolute atomic E-state index is 14.0. The van der Waals surface area contributed by atoms with Crippen LogP contribution in [0, 0.1) is 11.2 Å². The lowest BCUT2D eigenvalue weighted by molar-refractivity contribution is 0.0654. The number of anilines is 1. The topological polar surface area (TPSA) is 61.4 Å². The van der Waals surface area contributed by atoms with E-state index in [0.717, 1.165) is 5.56 Å². The van der Waals surface area contributed by atoms with Crippen molar-refractivity contribution in [1.29, 1.82) is 0 Å². The number of hydrogen-bond donors (Lipinski definition) is 3. The van der Waals surface area contributed by atoms with Gasteiger partial charge in [0, 0.05) is 11.6 Å². The van der Waals surface area contributed by atoms with Gasteiger partial charge in [-0.05, 0) is 28.5 Å². The molecule has 130 valence electrons. The minimum Gasteiger partial charge on any atom is -0.391 e. The highest BCUT2D eigenvalue weighted by atomic mass is 35.5. The van der Waals surface area contributed by atoms with Crippen LogP contribution in [0.4, 0.5) is 14.9 Å². The number of benzene rings is 1. The summed E-state index contributed by atoms with van der Waals surface area (Å²) < 4.78 is 14.0. The van der Waals surface area contributed by atoms with Gasteiger partial charge in [0.05, 0.1) is 11.8 Å². The van der Waals surface area contributed by atoms with E-state index in [2.05, 4.69) is 10.6 Å². The number of aliphatic hydroxyl groups is 1. The van der Waals surface area contributed by atoms with E-state index in [-0.39, 0.29) is 23.1 Å². The number of rotatable bonds is 3. The summed E-state index contributed by atoms with van der Waals surface area (Å²) in [5, 5.41) is 15.2. The van der Waals surface area contributed by atoms with Crippen molar-refractivity contribution in [2.24, 2.45) is 5.41 Å². The third-order valence-electron chi connectivity index (χ3n) is 3.57. The van der Waals surface area contributed by atoms with Crippen molar-refractivity contribution in [3.05, 3.63) is 28.5 Å². The van der Waals surface area contributed by atoms with Crippen LogP contribution in [-0.2, 0) is 5.41 Å². The molecule has 0 heterocycles. The second-order valence-electron chi connectivity index (χ2n) is 7.78. The van der Waals surface area contributed by atoms with Crippen LogP contribution in [0.15, 0.2) is 12.1 Å². The number of amides is 2. The molecule has 1 aromatic rings. The fourth-order valence-electron chi connectivity index (χ4n) is 1.88. The Morgan fingerprint density at radius 3 is 2.30 bits per heavy atom. The van der Waals surface area contributed by atoms with E-state index in [4.69, 9.17) is 11.6 Å². The number of nitrogens with one attached hydrogen (secondary N) is 2. The van der Waals surface area contributed by atoms with E-state index in [0.29, 0.717) is 5.02 Å². The van der Waals surface area contributed by atoms with E-state index < -0.39 is 18.0 Å². The van der Waals surface area contributed by atoms with Crippen molar-refractivity contribution in [1.82, 2.24) is 5.32 Å². The van der Waals surface area contributed by atoms with Crippen LogP contribution in [0.2, 0.25) is 5.02 Å². The lowest BCUT2D eigenvalue weighted by atomic mass is 9.86. The lowest BCUT2D eigenvalue weighted by Crippen LogP contribution is -2.41. The van der Waals surface area contributed by atoms with Crippen LogP contribution >= 0.6 is 11.6 Å². The second-order valence-corrected chi connectivity index (χ2v) is 8.19. The van der Waals surface area contributed by atoms with Crippen LogP contribution in [-0.4, -0.2) is 23.8 Å². The largest absolute Gasteiger partial charge is 0.391 e. The maximum atomic E-state index is 14.0. The first-order valence-corrected chi connectivity index (χ1v) is 7.92. The highest BCUT2D eigenvalue weighted by molar-refractivity contribution is 6.31. The van der Waals surface area contributed by atoms with Crippen molar-refractivity contribution in [2.75, 3.05) is 11.9 Å². The Kier molecular flexibility index (Phi) is 6.05. The van der Waals surface area contributed by atoms with Crippen LogP contribution in [0.25, 0.3) is 0 Å². The minimum absolute atomic E-state index is 0.0575. The molecule has 3 N–H and O–H groups in total. The normalized spacial score (nSPS) is 13.6. The van der Waals surface area contributed by atoms with Gasteiger partial charge in [0.25, 0.3) is 0 Å². The number of halogens is 2. The van der Waals surface area contributed by atoms with Gasteiger partial charge in [-0.2, -0.15) is 0 Å². The fourth-order valence-corrected chi connectivity index (χ4v) is 2.32. The number of urea groups is 1. The Labute approximate surface area is 142 Å². The van der Waals surface area contributed by atoms with Crippen molar-refractivity contribution in [3.8, 4) is 0 Å². The average molecular weight is 345 g/mol. The molecule has 0 aliphatic carbocycles. The summed E-state index contributed by atoms with van der Waals surface area (Å²) in [4.78, 5) is 11.9. The predicted molar refractivity (Wildman–Crippen MR) is 92.6 cm³/mol. The molecular formula is C17H26ClFN2O2. The monoisotopic (exact) mass is 344 g/mol. The third-order valence-corrected chi connectivity index (χ3v) is 3.88. The quantitative estimate of drug-likeness (QED) is 0.765. The van der Waals surface area contributed by atoms with E-state index >= 15 is 0 Å². The summed E-state index contributed by atoms with van der Waals surface area (Å²) in [6.07, 6.45) is -0.701. The molecular weight excluding hydrogens is 319 g/mol. The predicted octanol–water partition coefficient (Wildman–Crippen LogP) is 4.31. The lowest BCUT2D eigenvalue weighted by Gasteiger charge is -2.26. The maximum Gasteiger partial charge on any atom is 0.319 e. The SMILES string of the molecule is CC(C)(C)c1cc(NC(=O)NCC(O)C(C)(C)C)c(F)cc1Cl. The van der Waals surface area contributed by atoms with Gasteiger partial charge in [-0.15, -0.1) is 0 Å². The van der Waals surface area contributed by atoms with E-state index in [1.807, 2.05) is 41.5 Å². The summed E-state index contributed by atoms with van der Waals surface area (Å²) in [5.74, 6) is -0.602. The number of aliphatic hydroxyl groups excluding tert-OH is 1. The summed E-state index contributed by atoms with van der Waals surface area (Å²) in [6.45, 7) is 11.5. The van der Waals surface area contributed by atoms with E-state index in [1.165, 1.54) is 12.1 Å². The fraction of sp³-hybridized carbons (Fsp3) is 0.588. The van der Waals surface area contributed by atoms with Crippen molar-refractivity contribution >= 4 is 23.3 Å². The zero-order valence-corrected chi connectivity index (χ0v) is 15.3. The minimum atomic E-state index is -0.701. The average Bonchev–Trinajstić information content (AvgIpc) is 2.36. The van der Waals surface area contributed by atoms with E-state index in [1.54, 1.807) is 0 Å². The number of carbonyl (C=O) groups is 1. The molecule has 1 atom stereocenters. The molecule has 0 fully saturated rings. The number of hydrogen-bond acceptors (Lipinski definition) is 2. The first-order valence-electron chi connectivity index (χ1n) is 7.55. The first-order chi connectivity index (χ1) is 10.3. The van der Waals surface area contributed by atoms with Crippen LogP contribution < -0.4 is 10.6 Å². The van der Waals surface area contributed by atoms with Gasteiger partial charge < -0.3 is 15.7 Å². The first kappa shape index (κ1) is 19.7. The third kappa shape index (κ3) is 5.66. The highest BCUT2D eigenvalue weighted by Gasteiger charge is 2.23. The summed E-state index contributed by atoms with van der Waals surface area (Å²) >= 11 is 6.07. The molecule has 4 nitrogen and oxygen atoms in total. The van der Waals surface area contributed by atoms with Crippen molar-refractivity contribution in [3.63, 3.8) is 0 Å². The standard InChI is InChI=1S/C17H26ClFN2O2/c1-16(2,3)10-7-13(12(19)8-11(10)18)21-15(23)20-9-14(22)17(4,5)6/h7-8,14,22H,9H2,1-6H3,(H2,20,21,23). The van der Waals surface area contributed by atoms with Gasteiger partial charge in [0.2, 0.25) is 0 Å². The highest BCUT2D eigenvalue weighted by Crippen LogP contribution is 2.33. The molecule has 1 rings (SSSR count). The molecule has 0 aliphatic rings. The Bertz CT molecular complexity index is 577. The molecule has 0 saturated heterocycles. The van der Waals surface area contributed by atoms with E-state index in [9.17, 15) is 14.3 Å². The molecule has 2 amide bonds. The Morgan fingerprint density at radius 1 is 1.26 bits per heavy atom. The summed E-state index contributed by atoms with van der Waals surface area (Å²) in [6, 6.07) is 2.16. The van der Waals surface area contributed by atoms with Crippen molar-refractivity contribution < 1.29 is 14.3 Å². The zero-order valence-electron chi connectivity index (χ0n) is 14.6. The van der Waals surface area contributed by atoms with Crippen molar-refractivity contribution in [2.45, 2.75) is 53.1 Å². The molecule has 0 aromatic heterocycles. The van der Waals surface area contributed by atoms with Gasteiger partial charge in [0.1, 0.15) is 5.82 Å². The number of carbonyl (C=O) groups excluding carboxylic acids is 1. The molecule has 0 spiro atoms. The summed E-state index contributed by atoms with van der Waals surface area (Å²) in [7, 11) is 0. The van der Waals surface area contributed by atoms with Crippen LogP contribution in [0.3, 0.4) is 0 Å². The molecule has 0 aliphatic heterocycles. The Balaban J connectivity index is 2.83. The summed E-state index contributed by atoms with van der Waals surface area (Å²) in [5.41, 5.74) is 0.172. The van der Waals surface area contributed by atoms with Crippen LogP contribution in [0.5, 0.6) is 0 Å². The van der Waals surface area contributed by atoms with Gasteiger partial charge in [-0.25, -0.2) is 9.18 Å². The van der Waals surface area contributed by atoms with Gasteiger partial charge in [-0.1, -0.05) is 53.1 Å². The van der Waals surface area contributed by atoms with Gasteiger partial charge in [0.15, 0.2) is 0 Å². The Morgan fingerprint density at radius 2 is 1.83 bits per heavy atom. The second kappa shape index (κ2) is 7.05. The molecule has 6 heteroatoms. The van der Waals surface area contributed by atoms with Gasteiger partial charge in [-0.3, -0.25) is 0 Å². The molecule has 0 radical (unpaired) electrons. The molecule has 1 aromatic carbocycles. The molecule has 0 bridgehead atoms. The zero-order chi connectivity index (χ0) is 18.0. The van der Waals surface area contributed by atoms with Crippen LogP contribution in [0.1, 0.15) is 47.1 Å². The smallest absolute Gasteiger partial charge is 0.319 e.